The molecule has 0 aliphatic heterocycles. The molecule has 38 heavy (non-hydrogen) atoms. The largest absolute Gasteiger partial charge is 0.490 e. The molecular weight excluding hydrogens is 521 g/mol. The summed E-state index contributed by atoms with van der Waals surface area (Å²) >= 11 is 1.01. The Kier molecular flexibility index (Phi) is 9.29. The van der Waals surface area contributed by atoms with Crippen LogP contribution in [-0.4, -0.2) is 35.7 Å². The highest BCUT2D eigenvalue weighted by Gasteiger charge is 2.19. The highest BCUT2D eigenvalue weighted by Crippen LogP contribution is 2.29. The molecule has 11 heteroatoms. The quantitative estimate of drug-likeness (QED) is 0.170. The van der Waals surface area contributed by atoms with E-state index in [1.54, 1.807) is 23.6 Å². The number of hydrogen-bond acceptors (Lipinski definition) is 6. The van der Waals surface area contributed by atoms with Crippen molar-refractivity contribution in [3.05, 3.63) is 75.6 Å². The van der Waals surface area contributed by atoms with Crippen molar-refractivity contribution in [2.24, 2.45) is 5.41 Å². The molecule has 2 N–H and O–H groups in total. The standard InChI is InChI=1S/C27H27F3N2O5S/c1-27(2,3)8-9-37-13-15-6-5-7-17(23(15)30)21-14-38-26(31-21)32-24(33)16-10-19(28)18(20(29)11-16)12-22(36-4)25(34)35/h5-7,10-12,14H,8-9,13H2,1-4H3,(H,34,35)(H,31,32,33). The summed E-state index contributed by atoms with van der Waals surface area (Å²) in [4.78, 5) is 27.9. The average Bonchev–Trinajstić information content (AvgIpc) is 3.29. The molecule has 1 heterocycles. The lowest BCUT2D eigenvalue weighted by molar-refractivity contribution is -0.135. The number of carboxylic acids is 1. The van der Waals surface area contributed by atoms with E-state index in [4.69, 9.17) is 9.84 Å². The molecule has 0 spiro atoms. The molecule has 2 aromatic carbocycles. The van der Waals surface area contributed by atoms with Crippen molar-refractivity contribution in [2.45, 2.75) is 33.8 Å². The number of aliphatic carboxylic acids is 1. The number of carboxylic acid groups (broad SMARTS) is 1. The van der Waals surface area contributed by atoms with Gasteiger partial charge in [-0.05, 0) is 30.0 Å². The molecule has 202 valence electrons. The molecular formula is C27H27F3N2O5S. The van der Waals surface area contributed by atoms with Crippen molar-refractivity contribution in [3.63, 3.8) is 0 Å². The van der Waals surface area contributed by atoms with Crippen molar-refractivity contribution in [1.82, 2.24) is 4.98 Å². The fourth-order valence-electron chi connectivity index (χ4n) is 3.27. The summed E-state index contributed by atoms with van der Waals surface area (Å²) in [5.41, 5.74) is -0.0579. The number of amides is 1. The Morgan fingerprint density at radius 2 is 1.84 bits per heavy atom. The summed E-state index contributed by atoms with van der Waals surface area (Å²) in [7, 11) is 1.05. The third-order valence-corrected chi connectivity index (χ3v) is 6.14. The van der Waals surface area contributed by atoms with Crippen LogP contribution in [0.15, 0.2) is 41.5 Å². The van der Waals surface area contributed by atoms with Crippen molar-refractivity contribution < 1.29 is 37.3 Å². The normalized spacial score (nSPS) is 11.9. The Bertz CT molecular complexity index is 1340. The number of rotatable bonds is 10. The second-order valence-electron chi connectivity index (χ2n) is 9.51. The SMILES string of the molecule is COC(=Cc1c(F)cc(C(=O)Nc2nc(-c3cccc(COCCC(C)(C)C)c3F)cs2)cc1F)C(=O)O. The van der Waals surface area contributed by atoms with E-state index in [0.717, 1.165) is 37.0 Å². The molecule has 1 aromatic heterocycles. The zero-order chi connectivity index (χ0) is 28.0. The molecule has 0 aliphatic rings. The van der Waals surface area contributed by atoms with E-state index in [2.05, 4.69) is 35.8 Å². The number of nitrogens with one attached hydrogen (secondary N) is 1. The number of carbonyl (C=O) groups is 2. The Hall–Kier alpha value is -3.70. The maximum absolute atomic E-state index is 15.1. The first kappa shape index (κ1) is 28.9. The third kappa shape index (κ3) is 7.42. The predicted molar refractivity (Wildman–Crippen MR) is 138 cm³/mol. The number of halogens is 3. The van der Waals surface area contributed by atoms with Gasteiger partial charge in [-0.1, -0.05) is 32.9 Å². The molecule has 3 aromatic rings. The van der Waals surface area contributed by atoms with Crippen molar-refractivity contribution >= 4 is 34.4 Å². The van der Waals surface area contributed by atoms with Crippen molar-refractivity contribution in [2.75, 3.05) is 19.0 Å². The molecule has 0 fully saturated rings. The number of aromatic nitrogens is 1. The molecule has 0 atom stereocenters. The lowest BCUT2D eigenvalue weighted by Gasteiger charge is -2.17. The zero-order valence-corrected chi connectivity index (χ0v) is 22.0. The van der Waals surface area contributed by atoms with Crippen LogP contribution in [0.1, 0.15) is 48.7 Å². The number of thiazole rings is 1. The van der Waals surface area contributed by atoms with E-state index >= 15 is 4.39 Å². The van der Waals surface area contributed by atoms with Gasteiger partial charge in [0, 0.05) is 40.3 Å². The van der Waals surface area contributed by atoms with E-state index in [1.807, 2.05) is 0 Å². The number of anilines is 1. The van der Waals surface area contributed by atoms with Gasteiger partial charge in [-0.3, -0.25) is 10.1 Å². The van der Waals surface area contributed by atoms with Crippen LogP contribution in [0.2, 0.25) is 0 Å². The number of benzene rings is 2. The molecule has 1 amide bonds. The van der Waals surface area contributed by atoms with Crippen molar-refractivity contribution in [3.8, 4) is 11.3 Å². The molecule has 0 aliphatic carbocycles. The lowest BCUT2D eigenvalue weighted by Crippen LogP contribution is -2.13. The van der Waals surface area contributed by atoms with Gasteiger partial charge in [0.2, 0.25) is 5.76 Å². The van der Waals surface area contributed by atoms with Crippen LogP contribution >= 0.6 is 11.3 Å². The number of ether oxygens (including phenoxy) is 2. The van der Waals surface area contributed by atoms with Crippen LogP contribution in [-0.2, 0) is 20.9 Å². The summed E-state index contributed by atoms with van der Waals surface area (Å²) in [6.45, 7) is 6.87. The first-order chi connectivity index (χ1) is 17.9. The highest BCUT2D eigenvalue weighted by molar-refractivity contribution is 7.14. The summed E-state index contributed by atoms with van der Waals surface area (Å²) in [6.07, 6.45) is 1.51. The topological polar surface area (TPSA) is 97.8 Å². The summed E-state index contributed by atoms with van der Waals surface area (Å²) in [5, 5.41) is 13.1. The van der Waals surface area contributed by atoms with Gasteiger partial charge in [-0.2, -0.15) is 0 Å². The summed E-state index contributed by atoms with van der Waals surface area (Å²) in [6, 6.07) is 6.38. The summed E-state index contributed by atoms with van der Waals surface area (Å²) < 4.78 is 54.3. The van der Waals surface area contributed by atoms with E-state index in [1.165, 1.54) is 0 Å². The van der Waals surface area contributed by atoms with Crippen LogP contribution in [0.5, 0.6) is 0 Å². The maximum atomic E-state index is 15.1. The maximum Gasteiger partial charge on any atom is 0.371 e. The second kappa shape index (κ2) is 12.2. The van der Waals surface area contributed by atoms with Gasteiger partial charge < -0.3 is 14.6 Å². The molecule has 3 rings (SSSR count). The molecule has 0 saturated heterocycles. The lowest BCUT2D eigenvalue weighted by atomic mass is 9.93. The zero-order valence-electron chi connectivity index (χ0n) is 21.2. The Labute approximate surface area is 221 Å². The highest BCUT2D eigenvalue weighted by atomic mass is 32.1. The molecule has 0 unspecified atom stereocenters. The minimum absolute atomic E-state index is 0.0913. The number of carbonyl (C=O) groups excluding carboxylic acids is 1. The van der Waals surface area contributed by atoms with Gasteiger partial charge >= 0.3 is 5.97 Å². The molecule has 7 nitrogen and oxygen atoms in total. The first-order valence-electron chi connectivity index (χ1n) is 11.5. The van der Waals surface area contributed by atoms with Gasteiger partial charge in [0.1, 0.15) is 17.5 Å². The Balaban J connectivity index is 1.73. The fraction of sp³-hybridized carbons (Fsp3) is 0.296. The Morgan fingerprint density at radius 3 is 2.45 bits per heavy atom. The second-order valence-corrected chi connectivity index (χ2v) is 10.4. The van der Waals surface area contributed by atoms with Crippen molar-refractivity contribution in [1.29, 1.82) is 0 Å². The summed E-state index contributed by atoms with van der Waals surface area (Å²) in [5.74, 6) is -5.85. The van der Waals surface area contributed by atoms with E-state index in [-0.39, 0.29) is 34.0 Å². The van der Waals surface area contributed by atoms with Gasteiger partial charge in [-0.15, -0.1) is 11.3 Å². The van der Waals surface area contributed by atoms with Crippen LogP contribution in [0, 0.1) is 22.9 Å². The van der Waals surface area contributed by atoms with Gasteiger partial charge in [0.05, 0.1) is 19.4 Å². The minimum atomic E-state index is -1.51. The van der Waals surface area contributed by atoms with E-state index in [0.29, 0.717) is 18.2 Å². The number of hydrogen-bond donors (Lipinski definition) is 2. The monoisotopic (exact) mass is 548 g/mol. The smallest absolute Gasteiger partial charge is 0.371 e. The van der Waals surface area contributed by atoms with Gasteiger partial charge in [0.15, 0.2) is 5.13 Å². The van der Waals surface area contributed by atoms with Gasteiger partial charge in [0.25, 0.3) is 5.91 Å². The number of methoxy groups -OCH3 is 1. The Morgan fingerprint density at radius 1 is 1.16 bits per heavy atom. The van der Waals surface area contributed by atoms with E-state index in [9.17, 15) is 18.4 Å². The average molecular weight is 549 g/mol. The third-order valence-electron chi connectivity index (χ3n) is 5.38. The number of nitrogens with zero attached hydrogens (tertiary/aromatic N) is 1. The molecule has 0 saturated carbocycles. The predicted octanol–water partition coefficient (Wildman–Crippen LogP) is 6.50. The van der Waals surface area contributed by atoms with Crippen LogP contribution in [0.3, 0.4) is 0 Å². The van der Waals surface area contributed by atoms with Crippen LogP contribution < -0.4 is 5.32 Å². The van der Waals surface area contributed by atoms with Crippen LogP contribution in [0.25, 0.3) is 17.3 Å². The molecule has 0 bridgehead atoms. The first-order valence-corrected chi connectivity index (χ1v) is 12.4. The minimum Gasteiger partial charge on any atom is -0.490 e. The fourth-order valence-corrected chi connectivity index (χ4v) is 3.97. The van der Waals surface area contributed by atoms with Crippen LogP contribution in [0.4, 0.5) is 18.3 Å². The molecule has 0 radical (unpaired) electrons. The van der Waals surface area contributed by atoms with Gasteiger partial charge in [-0.25, -0.2) is 22.9 Å². The van der Waals surface area contributed by atoms with E-state index < -0.39 is 40.7 Å².